The minimum atomic E-state index is -0.672. The summed E-state index contributed by atoms with van der Waals surface area (Å²) in [5.41, 5.74) is 0.228. The molecule has 0 aliphatic carbocycles. The van der Waals surface area contributed by atoms with Crippen LogP contribution < -0.4 is 10.1 Å². The van der Waals surface area contributed by atoms with E-state index in [1.54, 1.807) is 13.3 Å². The maximum atomic E-state index is 10.3. The lowest BCUT2D eigenvalue weighted by Crippen LogP contribution is -2.42. The van der Waals surface area contributed by atoms with Crippen molar-refractivity contribution in [1.82, 2.24) is 4.98 Å². The zero-order chi connectivity index (χ0) is 12.1. The first-order chi connectivity index (χ1) is 8.22. The molecule has 94 valence electrons. The quantitative estimate of drug-likeness (QED) is 0.820. The van der Waals surface area contributed by atoms with Gasteiger partial charge in [0.05, 0.1) is 12.7 Å². The Balaban J connectivity index is 1.92. The molecule has 0 aromatic carbocycles. The van der Waals surface area contributed by atoms with Crippen molar-refractivity contribution < 1.29 is 14.6 Å². The second-order valence-electron chi connectivity index (χ2n) is 4.28. The van der Waals surface area contributed by atoms with Gasteiger partial charge in [0.1, 0.15) is 0 Å². The molecule has 2 heterocycles. The van der Waals surface area contributed by atoms with Crippen LogP contribution in [0.15, 0.2) is 18.3 Å². The molecule has 0 saturated carbocycles. The van der Waals surface area contributed by atoms with E-state index in [1.165, 1.54) is 0 Å². The maximum Gasteiger partial charge on any atom is 0.214 e. The number of hydrogen-bond donors (Lipinski definition) is 2. The fourth-order valence-electron chi connectivity index (χ4n) is 1.83. The molecule has 0 atom stereocenters. The van der Waals surface area contributed by atoms with Crippen LogP contribution >= 0.6 is 0 Å². The Hall–Kier alpha value is -1.33. The lowest BCUT2D eigenvalue weighted by Gasteiger charge is -2.32. The minimum absolute atomic E-state index is 0.517. The van der Waals surface area contributed by atoms with Crippen molar-refractivity contribution in [2.45, 2.75) is 18.4 Å². The van der Waals surface area contributed by atoms with Gasteiger partial charge in [-0.05, 0) is 6.07 Å². The summed E-state index contributed by atoms with van der Waals surface area (Å²) in [6, 6.07) is 3.66. The Morgan fingerprint density at radius 3 is 3.00 bits per heavy atom. The standard InChI is InChI=1S/C12H18N2O3/c1-16-11-8-10(2-5-13-11)14-9-12(15)3-6-17-7-4-12/h2,5,8,15H,3-4,6-7,9H2,1H3,(H,13,14). The zero-order valence-electron chi connectivity index (χ0n) is 9.98. The lowest BCUT2D eigenvalue weighted by atomic mass is 9.94. The summed E-state index contributed by atoms with van der Waals surface area (Å²) in [7, 11) is 1.58. The van der Waals surface area contributed by atoms with Crippen LogP contribution in [0.3, 0.4) is 0 Å². The Morgan fingerprint density at radius 2 is 2.29 bits per heavy atom. The van der Waals surface area contributed by atoms with Gasteiger partial charge in [-0.25, -0.2) is 4.98 Å². The summed E-state index contributed by atoms with van der Waals surface area (Å²) in [5.74, 6) is 0.564. The monoisotopic (exact) mass is 238 g/mol. The second-order valence-corrected chi connectivity index (χ2v) is 4.28. The van der Waals surface area contributed by atoms with E-state index in [-0.39, 0.29) is 0 Å². The van der Waals surface area contributed by atoms with Gasteiger partial charge in [0.2, 0.25) is 5.88 Å². The van der Waals surface area contributed by atoms with Gasteiger partial charge in [-0.1, -0.05) is 0 Å². The Bertz CT molecular complexity index is 365. The number of rotatable bonds is 4. The molecule has 2 N–H and O–H groups in total. The molecule has 0 spiro atoms. The topological polar surface area (TPSA) is 63.6 Å². The molecule has 0 amide bonds. The number of hydrogen-bond acceptors (Lipinski definition) is 5. The highest BCUT2D eigenvalue weighted by molar-refractivity contribution is 5.45. The molecule has 1 aromatic heterocycles. The van der Waals surface area contributed by atoms with E-state index in [4.69, 9.17) is 9.47 Å². The summed E-state index contributed by atoms with van der Waals surface area (Å²) in [6.45, 7) is 1.76. The third-order valence-corrected chi connectivity index (χ3v) is 2.99. The molecule has 1 aliphatic heterocycles. The molecule has 0 bridgehead atoms. The van der Waals surface area contributed by atoms with Crippen molar-refractivity contribution in [2.24, 2.45) is 0 Å². The van der Waals surface area contributed by atoms with E-state index < -0.39 is 5.60 Å². The van der Waals surface area contributed by atoms with E-state index >= 15 is 0 Å². The van der Waals surface area contributed by atoms with Crippen LogP contribution in [0.1, 0.15) is 12.8 Å². The molecule has 0 unspecified atom stereocenters. The van der Waals surface area contributed by atoms with Crippen LogP contribution in [0, 0.1) is 0 Å². The van der Waals surface area contributed by atoms with Gasteiger partial charge < -0.3 is 19.9 Å². The zero-order valence-corrected chi connectivity index (χ0v) is 9.98. The molecule has 1 saturated heterocycles. The lowest BCUT2D eigenvalue weighted by molar-refractivity contribution is -0.0543. The molecule has 5 nitrogen and oxygen atoms in total. The van der Waals surface area contributed by atoms with Crippen molar-refractivity contribution in [1.29, 1.82) is 0 Å². The predicted molar refractivity (Wildman–Crippen MR) is 64.3 cm³/mol. The normalized spacial score (nSPS) is 18.7. The van der Waals surface area contributed by atoms with Gasteiger partial charge in [-0.3, -0.25) is 0 Å². The Kier molecular flexibility index (Phi) is 3.81. The maximum absolute atomic E-state index is 10.3. The SMILES string of the molecule is COc1cc(NCC2(O)CCOCC2)ccn1. The number of anilines is 1. The number of pyridine rings is 1. The van der Waals surface area contributed by atoms with Crippen molar-refractivity contribution in [3.8, 4) is 5.88 Å². The van der Waals surface area contributed by atoms with Crippen molar-refractivity contribution in [2.75, 3.05) is 32.2 Å². The van der Waals surface area contributed by atoms with Gasteiger partial charge >= 0.3 is 0 Å². The summed E-state index contributed by atoms with van der Waals surface area (Å²) >= 11 is 0. The first-order valence-corrected chi connectivity index (χ1v) is 5.76. The van der Waals surface area contributed by atoms with Crippen LogP contribution in [-0.2, 0) is 4.74 Å². The molecular weight excluding hydrogens is 220 g/mol. The molecule has 5 heteroatoms. The van der Waals surface area contributed by atoms with Gasteiger partial charge in [-0.15, -0.1) is 0 Å². The third kappa shape index (κ3) is 3.31. The summed E-state index contributed by atoms with van der Waals surface area (Å²) in [4.78, 5) is 4.03. The fourth-order valence-corrected chi connectivity index (χ4v) is 1.83. The first kappa shape index (κ1) is 12.1. The molecule has 1 aromatic rings. The predicted octanol–water partition coefficient (Wildman–Crippen LogP) is 1.04. The first-order valence-electron chi connectivity index (χ1n) is 5.76. The molecule has 2 rings (SSSR count). The van der Waals surface area contributed by atoms with Crippen molar-refractivity contribution in [3.63, 3.8) is 0 Å². The molecule has 17 heavy (non-hydrogen) atoms. The smallest absolute Gasteiger partial charge is 0.214 e. The highest BCUT2D eigenvalue weighted by Crippen LogP contribution is 2.22. The van der Waals surface area contributed by atoms with Gasteiger partial charge in [-0.2, -0.15) is 0 Å². The van der Waals surface area contributed by atoms with Crippen LogP contribution in [0.4, 0.5) is 5.69 Å². The fraction of sp³-hybridized carbons (Fsp3) is 0.583. The van der Waals surface area contributed by atoms with Crippen LogP contribution in [0.25, 0.3) is 0 Å². The highest BCUT2D eigenvalue weighted by atomic mass is 16.5. The third-order valence-electron chi connectivity index (χ3n) is 2.99. The number of nitrogens with zero attached hydrogens (tertiary/aromatic N) is 1. The number of methoxy groups -OCH3 is 1. The van der Waals surface area contributed by atoms with Gasteiger partial charge in [0, 0.05) is 50.6 Å². The molecule has 1 aliphatic rings. The number of aromatic nitrogens is 1. The summed E-state index contributed by atoms with van der Waals surface area (Å²) < 4.78 is 10.3. The second kappa shape index (κ2) is 5.33. The van der Waals surface area contributed by atoms with E-state index in [0.29, 0.717) is 38.5 Å². The highest BCUT2D eigenvalue weighted by Gasteiger charge is 2.29. The van der Waals surface area contributed by atoms with Gasteiger partial charge in [0.15, 0.2) is 0 Å². The van der Waals surface area contributed by atoms with Crippen LogP contribution in [0.2, 0.25) is 0 Å². The van der Waals surface area contributed by atoms with Crippen molar-refractivity contribution >= 4 is 5.69 Å². The van der Waals surface area contributed by atoms with Crippen LogP contribution in [-0.4, -0.2) is 42.6 Å². The average Bonchev–Trinajstić information content (AvgIpc) is 2.38. The number of nitrogens with one attached hydrogen (secondary N) is 1. The Labute approximate surface area is 101 Å². The molecular formula is C12H18N2O3. The molecule has 0 radical (unpaired) electrons. The average molecular weight is 238 g/mol. The number of ether oxygens (including phenoxy) is 2. The van der Waals surface area contributed by atoms with Gasteiger partial charge in [0.25, 0.3) is 0 Å². The summed E-state index contributed by atoms with van der Waals surface area (Å²) in [6.07, 6.45) is 3.01. The van der Waals surface area contributed by atoms with Crippen LogP contribution in [0.5, 0.6) is 5.88 Å². The molecule has 1 fully saturated rings. The largest absolute Gasteiger partial charge is 0.481 e. The summed E-state index contributed by atoms with van der Waals surface area (Å²) in [5, 5.41) is 13.5. The van der Waals surface area contributed by atoms with E-state index in [2.05, 4.69) is 10.3 Å². The van der Waals surface area contributed by atoms with Crippen molar-refractivity contribution in [3.05, 3.63) is 18.3 Å². The number of aliphatic hydroxyl groups is 1. The van der Waals surface area contributed by atoms with E-state index in [1.807, 2.05) is 12.1 Å². The van der Waals surface area contributed by atoms with E-state index in [9.17, 15) is 5.11 Å². The minimum Gasteiger partial charge on any atom is -0.481 e. The Morgan fingerprint density at radius 1 is 1.53 bits per heavy atom. The van der Waals surface area contributed by atoms with E-state index in [0.717, 1.165) is 5.69 Å².